The summed E-state index contributed by atoms with van der Waals surface area (Å²) in [7, 11) is 0. The summed E-state index contributed by atoms with van der Waals surface area (Å²) in [6, 6.07) is 1.85. The number of rotatable bonds is 3. The Morgan fingerprint density at radius 2 is 2.17 bits per heavy atom. The molecule has 0 aliphatic carbocycles. The summed E-state index contributed by atoms with van der Waals surface area (Å²) in [6.45, 7) is 8.03. The lowest BCUT2D eigenvalue weighted by molar-refractivity contribution is 0.0519. The number of aromatic amines is 2. The fraction of sp³-hybridized carbons (Fsp3) is 0.385. The van der Waals surface area contributed by atoms with Crippen molar-refractivity contribution in [1.82, 2.24) is 15.2 Å². The highest BCUT2D eigenvalue weighted by atomic mass is 16.5. The monoisotopic (exact) mass is 249 g/mol. The van der Waals surface area contributed by atoms with Crippen LogP contribution in [-0.2, 0) is 4.74 Å². The molecule has 0 saturated carbocycles. The second-order valence-electron chi connectivity index (χ2n) is 3.39. The van der Waals surface area contributed by atoms with Gasteiger partial charge in [-0.2, -0.15) is 5.10 Å². The SMILES string of the molecule is CC.CCOC(=O)c1[nH]cc(-c2ccn[nH]2)c1C. The van der Waals surface area contributed by atoms with Crippen molar-refractivity contribution in [2.75, 3.05) is 6.61 Å². The van der Waals surface area contributed by atoms with Crippen molar-refractivity contribution in [1.29, 1.82) is 0 Å². The molecule has 0 saturated heterocycles. The quantitative estimate of drug-likeness (QED) is 0.821. The minimum absolute atomic E-state index is 0.328. The van der Waals surface area contributed by atoms with E-state index in [-0.39, 0.29) is 5.97 Å². The molecular weight excluding hydrogens is 230 g/mol. The van der Waals surface area contributed by atoms with E-state index in [2.05, 4.69) is 15.2 Å². The third-order valence-corrected chi connectivity index (χ3v) is 2.41. The van der Waals surface area contributed by atoms with E-state index in [0.717, 1.165) is 16.8 Å². The van der Waals surface area contributed by atoms with Gasteiger partial charge in [0.2, 0.25) is 0 Å². The molecule has 0 bridgehead atoms. The molecule has 0 aromatic carbocycles. The number of carbonyl (C=O) groups excluding carboxylic acids is 1. The van der Waals surface area contributed by atoms with Crippen LogP contribution in [0.4, 0.5) is 0 Å². The molecule has 2 N–H and O–H groups in total. The molecule has 0 unspecified atom stereocenters. The molecule has 0 aliphatic heterocycles. The van der Waals surface area contributed by atoms with Gasteiger partial charge in [-0.3, -0.25) is 5.10 Å². The maximum absolute atomic E-state index is 11.6. The van der Waals surface area contributed by atoms with Gasteiger partial charge < -0.3 is 9.72 Å². The lowest BCUT2D eigenvalue weighted by Crippen LogP contribution is -2.06. The zero-order chi connectivity index (χ0) is 13.5. The molecule has 18 heavy (non-hydrogen) atoms. The Labute approximate surface area is 107 Å². The third kappa shape index (κ3) is 2.80. The molecule has 0 radical (unpaired) electrons. The molecular formula is C13H19N3O2. The van der Waals surface area contributed by atoms with Gasteiger partial charge in [-0.15, -0.1) is 0 Å². The zero-order valence-electron chi connectivity index (χ0n) is 11.2. The Balaban J connectivity index is 0.000000771. The van der Waals surface area contributed by atoms with Crippen LogP contribution in [0.3, 0.4) is 0 Å². The van der Waals surface area contributed by atoms with Gasteiger partial charge in [0.1, 0.15) is 5.69 Å². The second kappa shape index (κ2) is 6.64. The lowest BCUT2D eigenvalue weighted by Gasteiger charge is -2.00. The maximum Gasteiger partial charge on any atom is 0.355 e. The number of hydrogen-bond donors (Lipinski definition) is 2. The third-order valence-electron chi connectivity index (χ3n) is 2.41. The summed E-state index contributed by atoms with van der Waals surface area (Å²) in [6.07, 6.45) is 3.45. The number of esters is 1. The van der Waals surface area contributed by atoms with Gasteiger partial charge in [-0.05, 0) is 25.5 Å². The summed E-state index contributed by atoms with van der Waals surface area (Å²) in [5.74, 6) is -0.328. The summed E-state index contributed by atoms with van der Waals surface area (Å²) in [5, 5.41) is 6.73. The minimum Gasteiger partial charge on any atom is -0.461 e. The first-order valence-electron chi connectivity index (χ1n) is 6.09. The van der Waals surface area contributed by atoms with Crippen molar-refractivity contribution in [3.05, 3.63) is 29.7 Å². The maximum atomic E-state index is 11.6. The molecule has 2 rings (SSSR count). The van der Waals surface area contributed by atoms with Gasteiger partial charge in [0.25, 0.3) is 0 Å². The number of H-pyrrole nitrogens is 2. The number of nitrogens with zero attached hydrogens (tertiary/aromatic N) is 1. The highest BCUT2D eigenvalue weighted by Crippen LogP contribution is 2.23. The van der Waals surface area contributed by atoms with Crippen molar-refractivity contribution in [3.8, 4) is 11.3 Å². The predicted molar refractivity (Wildman–Crippen MR) is 70.4 cm³/mol. The first-order chi connectivity index (χ1) is 8.74. The van der Waals surface area contributed by atoms with E-state index in [0.29, 0.717) is 12.3 Å². The van der Waals surface area contributed by atoms with E-state index >= 15 is 0 Å². The minimum atomic E-state index is -0.328. The van der Waals surface area contributed by atoms with Gasteiger partial charge in [0.15, 0.2) is 0 Å². The van der Waals surface area contributed by atoms with Crippen LogP contribution in [0.2, 0.25) is 0 Å². The Kier molecular flexibility index (Phi) is 5.17. The number of hydrogen-bond acceptors (Lipinski definition) is 3. The normalized spacial score (nSPS) is 9.56. The largest absolute Gasteiger partial charge is 0.461 e. The lowest BCUT2D eigenvalue weighted by atomic mass is 10.1. The van der Waals surface area contributed by atoms with E-state index in [1.165, 1.54) is 0 Å². The van der Waals surface area contributed by atoms with Crippen LogP contribution in [0.15, 0.2) is 18.5 Å². The van der Waals surface area contributed by atoms with E-state index in [9.17, 15) is 4.79 Å². The molecule has 0 spiro atoms. The zero-order valence-corrected chi connectivity index (χ0v) is 11.2. The summed E-state index contributed by atoms with van der Waals surface area (Å²) in [5.41, 5.74) is 3.17. The van der Waals surface area contributed by atoms with Crippen LogP contribution >= 0.6 is 0 Å². The van der Waals surface area contributed by atoms with Crippen molar-refractivity contribution in [2.45, 2.75) is 27.7 Å². The molecule has 0 atom stereocenters. The molecule has 5 heteroatoms. The molecule has 0 aliphatic rings. The van der Waals surface area contributed by atoms with Gasteiger partial charge >= 0.3 is 5.97 Å². The van der Waals surface area contributed by atoms with E-state index in [1.807, 2.05) is 26.8 Å². The topological polar surface area (TPSA) is 70.8 Å². The van der Waals surface area contributed by atoms with Gasteiger partial charge in [0.05, 0.1) is 12.3 Å². The standard InChI is InChI=1S/C11H13N3O2.C2H6/c1-3-16-11(15)10-7(2)8(6-12-10)9-4-5-13-14-9;1-2/h4-6,12H,3H2,1-2H3,(H,13,14);1-2H3. The summed E-state index contributed by atoms with van der Waals surface area (Å²) in [4.78, 5) is 14.5. The number of carbonyl (C=O) groups is 1. The Morgan fingerprint density at radius 1 is 1.44 bits per heavy atom. The molecule has 0 amide bonds. The highest BCUT2D eigenvalue weighted by molar-refractivity contribution is 5.91. The number of nitrogens with one attached hydrogen (secondary N) is 2. The van der Waals surface area contributed by atoms with Crippen molar-refractivity contribution in [2.24, 2.45) is 0 Å². The van der Waals surface area contributed by atoms with Crippen LogP contribution in [0, 0.1) is 6.92 Å². The molecule has 2 aromatic rings. The smallest absolute Gasteiger partial charge is 0.355 e. The fourth-order valence-electron chi connectivity index (χ4n) is 1.60. The second-order valence-corrected chi connectivity index (χ2v) is 3.39. The molecule has 2 heterocycles. The molecule has 98 valence electrons. The number of ether oxygens (including phenoxy) is 1. The predicted octanol–water partition coefficient (Wildman–Crippen LogP) is 2.92. The first-order valence-corrected chi connectivity index (χ1v) is 6.09. The van der Waals surface area contributed by atoms with Gasteiger partial charge in [0, 0.05) is 18.0 Å². The van der Waals surface area contributed by atoms with Crippen LogP contribution in [-0.4, -0.2) is 27.8 Å². The average Bonchev–Trinajstić information content (AvgIpc) is 3.00. The Bertz CT molecular complexity index is 486. The first kappa shape index (κ1) is 14.0. The fourth-order valence-corrected chi connectivity index (χ4v) is 1.60. The summed E-state index contributed by atoms with van der Waals surface area (Å²) < 4.78 is 4.94. The Hall–Kier alpha value is -2.04. The summed E-state index contributed by atoms with van der Waals surface area (Å²) >= 11 is 0. The van der Waals surface area contributed by atoms with Crippen LogP contribution < -0.4 is 0 Å². The molecule has 5 nitrogen and oxygen atoms in total. The van der Waals surface area contributed by atoms with E-state index < -0.39 is 0 Å². The Morgan fingerprint density at radius 3 is 2.72 bits per heavy atom. The average molecular weight is 249 g/mol. The van der Waals surface area contributed by atoms with Crippen LogP contribution in [0.25, 0.3) is 11.3 Å². The van der Waals surface area contributed by atoms with Crippen LogP contribution in [0.1, 0.15) is 36.8 Å². The van der Waals surface area contributed by atoms with Crippen LogP contribution in [0.5, 0.6) is 0 Å². The van der Waals surface area contributed by atoms with Crippen molar-refractivity contribution in [3.63, 3.8) is 0 Å². The number of aromatic nitrogens is 3. The van der Waals surface area contributed by atoms with Gasteiger partial charge in [-0.25, -0.2) is 4.79 Å². The highest BCUT2D eigenvalue weighted by Gasteiger charge is 2.16. The molecule has 0 fully saturated rings. The van der Waals surface area contributed by atoms with E-state index in [1.54, 1.807) is 19.3 Å². The van der Waals surface area contributed by atoms with E-state index in [4.69, 9.17) is 4.74 Å². The van der Waals surface area contributed by atoms with Gasteiger partial charge in [-0.1, -0.05) is 13.8 Å². The van der Waals surface area contributed by atoms with Crippen molar-refractivity contribution >= 4 is 5.97 Å². The molecule has 2 aromatic heterocycles. The van der Waals surface area contributed by atoms with Crippen molar-refractivity contribution < 1.29 is 9.53 Å².